The van der Waals surface area contributed by atoms with E-state index in [-0.39, 0.29) is 34.8 Å². The maximum atomic E-state index is 13.6. The van der Waals surface area contributed by atoms with Crippen molar-refractivity contribution in [3.05, 3.63) is 42.5 Å². The smallest absolute Gasteiger partial charge is 0.285 e. The lowest BCUT2D eigenvalue weighted by atomic mass is 10.2. The summed E-state index contributed by atoms with van der Waals surface area (Å²) in [5.41, 5.74) is 0.943. The molecule has 0 aliphatic carbocycles. The Morgan fingerprint density at radius 3 is 2.10 bits per heavy atom. The molecule has 0 spiro atoms. The Balaban J connectivity index is 2.17. The predicted molar refractivity (Wildman–Crippen MR) is 118 cm³/mol. The van der Waals surface area contributed by atoms with E-state index in [0.29, 0.717) is 0 Å². The molecule has 0 radical (unpaired) electrons. The van der Waals surface area contributed by atoms with Crippen LogP contribution in [0.15, 0.2) is 41.8 Å². The largest absolute Gasteiger partial charge is 0.352 e. The first-order valence-electron chi connectivity index (χ1n) is 9.96. The minimum atomic E-state index is -4.08. The zero-order chi connectivity index (χ0) is 22.6. The Morgan fingerprint density at radius 2 is 1.55 bits per heavy atom. The molecule has 2 heterocycles. The van der Waals surface area contributed by atoms with Gasteiger partial charge in [0.1, 0.15) is 12.7 Å². The maximum absolute atomic E-state index is 13.6. The molecule has 0 fully saturated rings. The van der Waals surface area contributed by atoms with Gasteiger partial charge in [0.2, 0.25) is 11.9 Å². The molecule has 1 aromatic carbocycles. The molecule has 0 saturated carbocycles. The molecule has 31 heavy (non-hydrogen) atoms. The lowest BCUT2D eigenvalue weighted by molar-refractivity contribution is 0.581. The number of rotatable bonds is 9. The first kappa shape index (κ1) is 22.4. The van der Waals surface area contributed by atoms with Crippen LogP contribution in [0.25, 0.3) is 0 Å². The summed E-state index contributed by atoms with van der Waals surface area (Å²) in [6, 6.07) is 6.64. The second-order valence-electron chi connectivity index (χ2n) is 7.44. The average molecular weight is 446 g/mol. The van der Waals surface area contributed by atoms with Crippen molar-refractivity contribution in [3.8, 4) is 0 Å². The van der Waals surface area contributed by atoms with Crippen LogP contribution in [0.5, 0.6) is 0 Å². The van der Waals surface area contributed by atoms with Crippen LogP contribution in [-0.2, 0) is 10.0 Å². The molecule has 166 valence electrons. The minimum Gasteiger partial charge on any atom is -0.352 e. The second kappa shape index (κ2) is 9.25. The van der Waals surface area contributed by atoms with E-state index in [1.54, 1.807) is 12.1 Å². The molecule has 11 nitrogen and oxygen atoms in total. The maximum Gasteiger partial charge on any atom is 0.285 e. The van der Waals surface area contributed by atoms with E-state index >= 15 is 0 Å². The van der Waals surface area contributed by atoms with E-state index in [1.165, 1.54) is 29.5 Å². The number of sulfonamides is 1. The first-order chi connectivity index (χ1) is 14.7. The normalized spacial score (nSPS) is 12.6. The average Bonchev–Trinajstić information content (AvgIpc) is 3.21. The minimum absolute atomic E-state index is 0.0313. The van der Waals surface area contributed by atoms with Crippen LogP contribution in [-0.4, -0.2) is 50.3 Å². The van der Waals surface area contributed by atoms with Crippen LogP contribution >= 0.6 is 0 Å². The molecule has 0 aliphatic rings. The topological polar surface area (TPSA) is 131 Å². The molecule has 0 saturated heterocycles. The van der Waals surface area contributed by atoms with Crippen molar-refractivity contribution in [2.24, 2.45) is 0 Å². The summed E-state index contributed by atoms with van der Waals surface area (Å²) in [4.78, 5) is 13.2. The van der Waals surface area contributed by atoms with E-state index in [1.807, 2.05) is 34.6 Å². The molecule has 1 atom stereocenters. The highest BCUT2D eigenvalue weighted by molar-refractivity contribution is 7.92. The molecule has 1 unspecified atom stereocenters. The summed E-state index contributed by atoms with van der Waals surface area (Å²) in [7, 11) is -4.08. The fraction of sp³-hybridized carbons (Fsp3) is 0.421. The molecule has 3 rings (SSSR count). The number of aromatic nitrogens is 6. The van der Waals surface area contributed by atoms with Gasteiger partial charge in [0.15, 0.2) is 0 Å². The molecule has 3 aromatic rings. The third kappa shape index (κ3) is 5.26. The standard InChI is InChI=1S/C19H27N9O2S/c1-6-15(5)23-18-24-17(22-13(2)3)25-19(26-18)28(27-11-20-21-12-27)31(29,30)16-9-7-14(4)8-10-16/h7-13,15H,6H2,1-5H3,(H2,22,23,24,25,26). The second-order valence-corrected chi connectivity index (χ2v) is 9.21. The van der Waals surface area contributed by atoms with Crippen LogP contribution < -0.4 is 15.0 Å². The van der Waals surface area contributed by atoms with E-state index in [4.69, 9.17) is 0 Å². The molecule has 0 bridgehead atoms. The van der Waals surface area contributed by atoms with E-state index < -0.39 is 10.0 Å². The number of hydrogen-bond donors (Lipinski definition) is 2. The number of anilines is 3. The van der Waals surface area contributed by atoms with E-state index in [0.717, 1.165) is 16.4 Å². The third-order valence-electron chi connectivity index (χ3n) is 4.36. The zero-order valence-electron chi connectivity index (χ0n) is 18.2. The van der Waals surface area contributed by atoms with Crippen LogP contribution in [0.1, 0.15) is 39.7 Å². The first-order valence-corrected chi connectivity index (χ1v) is 11.4. The van der Waals surface area contributed by atoms with Gasteiger partial charge in [-0.25, -0.2) is 4.68 Å². The predicted octanol–water partition coefficient (Wildman–Crippen LogP) is 2.46. The molecule has 12 heteroatoms. The van der Waals surface area contributed by atoms with E-state index in [9.17, 15) is 8.42 Å². The Kier molecular flexibility index (Phi) is 6.68. The summed E-state index contributed by atoms with van der Waals surface area (Å²) in [5, 5.41) is 13.8. The highest BCUT2D eigenvalue weighted by atomic mass is 32.2. The van der Waals surface area contributed by atoms with Crippen LogP contribution in [0, 0.1) is 6.92 Å². The fourth-order valence-electron chi connectivity index (χ4n) is 2.59. The Labute approximate surface area is 182 Å². The fourth-order valence-corrected chi connectivity index (χ4v) is 3.90. The van der Waals surface area contributed by atoms with Gasteiger partial charge in [-0.1, -0.05) is 24.6 Å². The quantitative estimate of drug-likeness (QED) is 0.510. The lowest BCUT2D eigenvalue weighted by Gasteiger charge is -2.23. The molecular weight excluding hydrogens is 418 g/mol. The van der Waals surface area contributed by atoms with Crippen molar-refractivity contribution in [1.82, 2.24) is 29.8 Å². The van der Waals surface area contributed by atoms with Crippen molar-refractivity contribution in [2.45, 2.75) is 58.0 Å². The molecule has 2 aromatic heterocycles. The number of nitrogens with one attached hydrogen (secondary N) is 2. The van der Waals surface area contributed by atoms with Gasteiger partial charge < -0.3 is 10.6 Å². The van der Waals surface area contributed by atoms with Crippen LogP contribution in [0.2, 0.25) is 0 Å². The monoisotopic (exact) mass is 445 g/mol. The van der Waals surface area contributed by atoms with Gasteiger partial charge in [-0.3, -0.25) is 0 Å². The SMILES string of the molecule is CCC(C)Nc1nc(NC(C)C)nc(N(n2cnnc2)S(=O)(=O)c2ccc(C)cc2)n1. The molecule has 2 N–H and O–H groups in total. The van der Waals surface area contributed by atoms with Gasteiger partial charge in [-0.2, -0.15) is 23.4 Å². The Bertz CT molecular complexity index is 1100. The van der Waals surface area contributed by atoms with Gasteiger partial charge in [0.25, 0.3) is 16.0 Å². The summed E-state index contributed by atoms with van der Waals surface area (Å²) in [6.45, 7) is 9.77. The number of nitrogens with zero attached hydrogens (tertiary/aromatic N) is 7. The number of hydrogen-bond acceptors (Lipinski definition) is 9. The van der Waals surface area contributed by atoms with Crippen molar-refractivity contribution >= 4 is 27.9 Å². The zero-order valence-corrected chi connectivity index (χ0v) is 19.0. The van der Waals surface area contributed by atoms with Crippen molar-refractivity contribution in [2.75, 3.05) is 15.0 Å². The van der Waals surface area contributed by atoms with Crippen LogP contribution in [0.4, 0.5) is 17.8 Å². The van der Waals surface area contributed by atoms with Crippen molar-refractivity contribution < 1.29 is 8.42 Å². The summed E-state index contributed by atoms with van der Waals surface area (Å²) in [6.07, 6.45) is 3.38. The van der Waals surface area contributed by atoms with Gasteiger partial charge in [0.05, 0.1) is 4.90 Å². The van der Waals surface area contributed by atoms with E-state index in [2.05, 4.69) is 35.8 Å². The third-order valence-corrected chi connectivity index (χ3v) is 6.04. The van der Waals surface area contributed by atoms with Gasteiger partial charge in [-0.15, -0.1) is 14.6 Å². The van der Waals surface area contributed by atoms with Gasteiger partial charge in [-0.05, 0) is 46.2 Å². The van der Waals surface area contributed by atoms with Gasteiger partial charge >= 0.3 is 0 Å². The number of benzene rings is 1. The summed E-state index contributed by atoms with van der Waals surface area (Å²) < 4.78 is 29.3. The van der Waals surface area contributed by atoms with Gasteiger partial charge in [0, 0.05) is 12.1 Å². The van der Waals surface area contributed by atoms with Crippen molar-refractivity contribution in [1.29, 1.82) is 0 Å². The highest BCUT2D eigenvalue weighted by Gasteiger charge is 2.30. The molecule has 0 amide bonds. The Morgan fingerprint density at radius 1 is 0.968 bits per heavy atom. The summed E-state index contributed by atoms with van der Waals surface area (Å²) in [5.74, 6) is 0.423. The summed E-state index contributed by atoms with van der Waals surface area (Å²) >= 11 is 0. The Hall–Kier alpha value is -3.28. The van der Waals surface area contributed by atoms with Crippen LogP contribution in [0.3, 0.4) is 0 Å². The lowest BCUT2D eigenvalue weighted by Crippen LogP contribution is -2.37. The number of aryl methyl sites for hydroxylation is 1. The molecule has 0 aliphatic heterocycles. The van der Waals surface area contributed by atoms with Crippen molar-refractivity contribution in [3.63, 3.8) is 0 Å². The highest BCUT2D eigenvalue weighted by Crippen LogP contribution is 2.24. The molecular formula is C19H27N9O2S.